The lowest BCUT2D eigenvalue weighted by Gasteiger charge is -2.24. The largest absolute Gasteiger partial charge is 0.497 e. The Labute approximate surface area is 122 Å². The van der Waals surface area contributed by atoms with E-state index in [0.29, 0.717) is 4.88 Å². The normalized spacial score (nSPS) is 18.2. The molecular formula is C15H16N2O2S. The van der Waals surface area contributed by atoms with E-state index in [2.05, 4.69) is 4.98 Å². The smallest absolute Gasteiger partial charge is 0.266 e. The predicted molar refractivity (Wildman–Crippen MR) is 78.1 cm³/mol. The van der Waals surface area contributed by atoms with Crippen LogP contribution in [0.1, 0.15) is 34.1 Å². The Balaban J connectivity index is 1.83. The molecule has 1 atom stereocenters. The second kappa shape index (κ2) is 5.63. The van der Waals surface area contributed by atoms with Crippen LogP contribution in [0.2, 0.25) is 0 Å². The zero-order valence-corrected chi connectivity index (χ0v) is 12.1. The third-order valence-electron chi connectivity index (χ3n) is 3.66. The van der Waals surface area contributed by atoms with E-state index < -0.39 is 0 Å². The minimum atomic E-state index is 0.0887. The van der Waals surface area contributed by atoms with E-state index in [0.717, 1.165) is 25.1 Å². The number of carbonyl (C=O) groups is 1. The van der Waals surface area contributed by atoms with Crippen molar-refractivity contribution in [1.29, 1.82) is 0 Å². The number of hydrogen-bond acceptors (Lipinski definition) is 4. The Morgan fingerprint density at radius 3 is 2.85 bits per heavy atom. The highest BCUT2D eigenvalue weighted by Gasteiger charge is 2.31. The first-order valence-corrected chi connectivity index (χ1v) is 7.51. The molecular weight excluding hydrogens is 272 g/mol. The minimum absolute atomic E-state index is 0.0887. The number of hydrogen-bond donors (Lipinski definition) is 0. The highest BCUT2D eigenvalue weighted by molar-refractivity contribution is 7.11. The number of thiazole rings is 1. The Bertz CT molecular complexity index is 580. The topological polar surface area (TPSA) is 42.4 Å². The molecule has 1 amide bonds. The van der Waals surface area contributed by atoms with E-state index >= 15 is 0 Å². The fourth-order valence-electron chi connectivity index (χ4n) is 2.65. The second-order valence-corrected chi connectivity index (χ2v) is 5.68. The third-order valence-corrected chi connectivity index (χ3v) is 4.42. The number of nitrogens with zero attached hydrogens (tertiary/aromatic N) is 2. The van der Waals surface area contributed by atoms with Crippen molar-refractivity contribution in [3.63, 3.8) is 0 Å². The van der Waals surface area contributed by atoms with Gasteiger partial charge >= 0.3 is 0 Å². The summed E-state index contributed by atoms with van der Waals surface area (Å²) in [5.41, 5.74) is 2.87. The molecule has 4 nitrogen and oxygen atoms in total. The first kappa shape index (κ1) is 13.1. The van der Waals surface area contributed by atoms with Gasteiger partial charge in [0.2, 0.25) is 0 Å². The van der Waals surface area contributed by atoms with Crippen molar-refractivity contribution in [2.75, 3.05) is 13.7 Å². The predicted octanol–water partition coefficient (Wildman–Crippen LogP) is 3.13. The van der Waals surface area contributed by atoms with Gasteiger partial charge in [-0.1, -0.05) is 12.1 Å². The van der Waals surface area contributed by atoms with Gasteiger partial charge in [-0.25, -0.2) is 0 Å². The number of carbonyl (C=O) groups excluding carboxylic acids is 1. The first-order valence-electron chi connectivity index (χ1n) is 6.63. The van der Waals surface area contributed by atoms with Gasteiger partial charge in [0.25, 0.3) is 5.91 Å². The zero-order chi connectivity index (χ0) is 13.9. The van der Waals surface area contributed by atoms with Crippen LogP contribution >= 0.6 is 11.3 Å². The van der Waals surface area contributed by atoms with E-state index in [4.69, 9.17) is 4.74 Å². The summed E-state index contributed by atoms with van der Waals surface area (Å²) in [4.78, 5) is 19.1. The molecule has 0 radical (unpaired) electrons. The van der Waals surface area contributed by atoms with Gasteiger partial charge in [0.05, 0.1) is 24.9 Å². The fourth-order valence-corrected chi connectivity index (χ4v) is 3.22. The molecule has 1 aliphatic heterocycles. The summed E-state index contributed by atoms with van der Waals surface area (Å²) in [6, 6.07) is 8.14. The van der Waals surface area contributed by atoms with E-state index in [9.17, 15) is 4.79 Å². The molecule has 0 saturated carbocycles. The molecule has 3 rings (SSSR count). The van der Waals surface area contributed by atoms with Crippen LogP contribution in [-0.4, -0.2) is 29.4 Å². The zero-order valence-electron chi connectivity index (χ0n) is 11.3. The van der Waals surface area contributed by atoms with Crippen LogP contribution in [0.4, 0.5) is 0 Å². The molecule has 1 fully saturated rings. The van der Waals surface area contributed by atoms with Gasteiger partial charge in [-0.2, -0.15) is 0 Å². The van der Waals surface area contributed by atoms with Crippen LogP contribution in [-0.2, 0) is 0 Å². The molecule has 1 aromatic carbocycles. The van der Waals surface area contributed by atoms with Gasteiger partial charge in [-0.15, -0.1) is 11.3 Å². The lowest BCUT2D eigenvalue weighted by Crippen LogP contribution is -2.29. The molecule has 5 heteroatoms. The SMILES string of the molecule is COc1ccc([C@@H]2CCCN2C(=O)c2cncs2)cc1. The number of amides is 1. The number of ether oxygens (including phenoxy) is 1. The summed E-state index contributed by atoms with van der Waals surface area (Å²) in [7, 11) is 1.66. The van der Waals surface area contributed by atoms with Gasteiger partial charge in [0.1, 0.15) is 10.6 Å². The quantitative estimate of drug-likeness (QED) is 0.871. The van der Waals surface area contributed by atoms with Gasteiger partial charge in [-0.3, -0.25) is 9.78 Å². The van der Waals surface area contributed by atoms with Gasteiger partial charge in [0, 0.05) is 6.54 Å². The molecule has 0 N–H and O–H groups in total. The minimum Gasteiger partial charge on any atom is -0.497 e. The van der Waals surface area contributed by atoms with E-state index in [1.165, 1.54) is 16.9 Å². The molecule has 0 bridgehead atoms. The highest BCUT2D eigenvalue weighted by atomic mass is 32.1. The molecule has 2 aromatic rings. The van der Waals surface area contributed by atoms with Crippen molar-refractivity contribution in [3.05, 3.63) is 46.4 Å². The fraction of sp³-hybridized carbons (Fsp3) is 0.333. The second-order valence-electron chi connectivity index (χ2n) is 4.80. The molecule has 104 valence electrons. The molecule has 2 heterocycles. The Morgan fingerprint density at radius 1 is 1.40 bits per heavy atom. The molecule has 1 aliphatic rings. The lowest BCUT2D eigenvalue weighted by molar-refractivity contribution is 0.0740. The van der Waals surface area contributed by atoms with Crippen LogP contribution in [0.25, 0.3) is 0 Å². The van der Waals surface area contributed by atoms with Crippen molar-refractivity contribution in [3.8, 4) is 5.75 Å². The van der Waals surface area contributed by atoms with Crippen LogP contribution < -0.4 is 4.74 Å². The monoisotopic (exact) mass is 288 g/mol. The number of methoxy groups -OCH3 is 1. The maximum Gasteiger partial charge on any atom is 0.266 e. The maximum atomic E-state index is 12.5. The standard InChI is InChI=1S/C15H16N2O2S/c1-19-12-6-4-11(5-7-12)13-3-2-8-17(13)15(18)14-9-16-10-20-14/h4-7,9-10,13H,2-3,8H2,1H3/t13-/m0/s1. The highest BCUT2D eigenvalue weighted by Crippen LogP contribution is 2.34. The molecule has 0 unspecified atom stereocenters. The summed E-state index contributed by atoms with van der Waals surface area (Å²) in [5.74, 6) is 0.929. The molecule has 0 aliphatic carbocycles. The molecule has 1 aromatic heterocycles. The summed E-state index contributed by atoms with van der Waals surface area (Å²) >= 11 is 1.40. The van der Waals surface area contributed by atoms with Crippen LogP contribution in [0.15, 0.2) is 36.0 Å². The first-order chi connectivity index (χ1) is 9.79. The van der Waals surface area contributed by atoms with Crippen molar-refractivity contribution < 1.29 is 9.53 Å². The summed E-state index contributed by atoms with van der Waals surface area (Å²) < 4.78 is 5.18. The maximum absolute atomic E-state index is 12.5. The number of benzene rings is 1. The van der Waals surface area contributed by atoms with Crippen LogP contribution in [0, 0.1) is 0 Å². The van der Waals surface area contributed by atoms with E-state index in [1.807, 2.05) is 29.2 Å². The molecule has 20 heavy (non-hydrogen) atoms. The summed E-state index contributed by atoms with van der Waals surface area (Å²) in [6.45, 7) is 0.813. The van der Waals surface area contributed by atoms with Crippen molar-refractivity contribution in [2.45, 2.75) is 18.9 Å². The third kappa shape index (κ3) is 2.41. The molecule has 1 saturated heterocycles. The number of rotatable bonds is 3. The lowest BCUT2D eigenvalue weighted by atomic mass is 10.0. The van der Waals surface area contributed by atoms with Crippen LogP contribution in [0.3, 0.4) is 0 Å². The van der Waals surface area contributed by atoms with Gasteiger partial charge in [-0.05, 0) is 30.5 Å². The van der Waals surface area contributed by atoms with Crippen molar-refractivity contribution >= 4 is 17.2 Å². The Hall–Kier alpha value is -1.88. The average molecular weight is 288 g/mol. The van der Waals surface area contributed by atoms with E-state index in [-0.39, 0.29) is 11.9 Å². The Morgan fingerprint density at radius 2 is 2.20 bits per heavy atom. The number of aromatic nitrogens is 1. The molecule has 0 spiro atoms. The average Bonchev–Trinajstić information content (AvgIpc) is 3.18. The Kier molecular flexibility index (Phi) is 3.69. The van der Waals surface area contributed by atoms with Crippen molar-refractivity contribution in [1.82, 2.24) is 9.88 Å². The number of likely N-dealkylation sites (tertiary alicyclic amines) is 1. The van der Waals surface area contributed by atoms with E-state index in [1.54, 1.807) is 18.8 Å². The van der Waals surface area contributed by atoms with Gasteiger partial charge < -0.3 is 9.64 Å². The van der Waals surface area contributed by atoms with Crippen LogP contribution in [0.5, 0.6) is 5.75 Å². The van der Waals surface area contributed by atoms with Gasteiger partial charge in [0.15, 0.2) is 0 Å². The summed E-state index contributed by atoms with van der Waals surface area (Å²) in [6.07, 6.45) is 3.70. The van der Waals surface area contributed by atoms with Crippen molar-refractivity contribution in [2.24, 2.45) is 0 Å². The summed E-state index contributed by atoms with van der Waals surface area (Å²) in [5, 5.41) is 0.